The number of aryl methyl sites for hydroxylation is 1. The minimum absolute atomic E-state index is 0. The molecular weight excluding hydrogens is 407 g/mol. The quantitative estimate of drug-likeness (QED) is 0.303. The van der Waals surface area contributed by atoms with Gasteiger partial charge in [0.15, 0.2) is 5.96 Å². The molecule has 2 N–H and O–H groups in total. The van der Waals surface area contributed by atoms with Gasteiger partial charge in [0.25, 0.3) is 0 Å². The van der Waals surface area contributed by atoms with Gasteiger partial charge < -0.3 is 19.9 Å². The smallest absolute Gasteiger partial charge is 0.194 e. The Morgan fingerprint density at radius 3 is 2.91 bits per heavy atom. The molecule has 0 aliphatic carbocycles. The van der Waals surface area contributed by atoms with Crippen LogP contribution >= 0.6 is 24.0 Å². The van der Waals surface area contributed by atoms with Crippen molar-refractivity contribution in [3.8, 4) is 0 Å². The van der Waals surface area contributed by atoms with E-state index >= 15 is 0 Å². The van der Waals surface area contributed by atoms with Crippen molar-refractivity contribution in [2.45, 2.75) is 38.8 Å². The highest BCUT2D eigenvalue weighted by Gasteiger charge is 2.19. The molecule has 1 saturated heterocycles. The fourth-order valence-electron chi connectivity index (χ4n) is 2.51. The van der Waals surface area contributed by atoms with Gasteiger partial charge in [-0.1, -0.05) is 13.0 Å². The van der Waals surface area contributed by atoms with Crippen LogP contribution in [0, 0.1) is 0 Å². The molecule has 0 amide bonds. The molecule has 8 heteroatoms. The lowest BCUT2D eigenvalue weighted by Crippen LogP contribution is -2.46. The summed E-state index contributed by atoms with van der Waals surface area (Å²) in [6, 6.07) is 0. The average molecular weight is 434 g/mol. The molecule has 1 fully saturated rings. The van der Waals surface area contributed by atoms with Crippen LogP contribution in [0.2, 0.25) is 0 Å². The largest absolute Gasteiger partial charge is 0.393 e. The average Bonchev–Trinajstić information content (AvgIpc) is 2.99. The maximum Gasteiger partial charge on any atom is 0.194 e. The van der Waals surface area contributed by atoms with Gasteiger partial charge >= 0.3 is 0 Å². The van der Waals surface area contributed by atoms with Crippen molar-refractivity contribution in [3.05, 3.63) is 24.8 Å². The molecule has 0 spiro atoms. The molecule has 130 valence electrons. The van der Waals surface area contributed by atoms with Crippen LogP contribution in [0.5, 0.6) is 0 Å². The van der Waals surface area contributed by atoms with Gasteiger partial charge in [-0.3, -0.25) is 4.99 Å². The van der Waals surface area contributed by atoms with Crippen molar-refractivity contribution in [2.24, 2.45) is 4.99 Å². The first-order chi connectivity index (χ1) is 10.7. The van der Waals surface area contributed by atoms with Crippen LogP contribution in [0.25, 0.3) is 0 Å². The molecule has 2 rings (SSSR count). The number of nitrogens with zero attached hydrogens (tertiary/aromatic N) is 5. The topological polar surface area (TPSA) is 78.6 Å². The van der Waals surface area contributed by atoms with Crippen LogP contribution < -0.4 is 5.32 Å². The summed E-state index contributed by atoms with van der Waals surface area (Å²) in [6.45, 7) is 9.59. The SMILES string of the molecule is C=CCNC(=NCCn1cnnc1CC)N1CCC(O)CC1.I. The number of aliphatic hydroxyl groups excluding tert-OH is 1. The van der Waals surface area contributed by atoms with Crippen LogP contribution in [0.3, 0.4) is 0 Å². The zero-order chi connectivity index (χ0) is 15.8. The van der Waals surface area contributed by atoms with E-state index in [1.54, 1.807) is 6.33 Å². The van der Waals surface area contributed by atoms with Crippen molar-refractivity contribution in [1.29, 1.82) is 0 Å². The van der Waals surface area contributed by atoms with Crippen molar-refractivity contribution >= 4 is 29.9 Å². The van der Waals surface area contributed by atoms with E-state index in [4.69, 9.17) is 0 Å². The van der Waals surface area contributed by atoms with E-state index in [0.29, 0.717) is 13.1 Å². The zero-order valence-electron chi connectivity index (χ0n) is 13.7. The number of halogens is 1. The zero-order valence-corrected chi connectivity index (χ0v) is 16.0. The third-order valence-electron chi connectivity index (χ3n) is 3.78. The second-order valence-electron chi connectivity index (χ2n) is 5.39. The summed E-state index contributed by atoms with van der Waals surface area (Å²) in [6.07, 6.45) is 5.85. The molecule has 0 unspecified atom stereocenters. The van der Waals surface area contributed by atoms with E-state index in [0.717, 1.165) is 50.7 Å². The first kappa shape index (κ1) is 19.9. The summed E-state index contributed by atoms with van der Waals surface area (Å²) in [4.78, 5) is 6.88. The standard InChI is InChI=1S/C15H26N6O.HI/c1-3-7-16-15(20-9-5-13(22)6-10-20)17-8-11-21-12-18-19-14(21)4-2;/h3,12-13,22H,1,4-11H2,2H3,(H,16,17);1H. The third-order valence-corrected chi connectivity index (χ3v) is 3.78. The molecule has 7 nitrogen and oxygen atoms in total. The van der Waals surface area contributed by atoms with Crippen LogP contribution in [0.1, 0.15) is 25.6 Å². The number of piperidine rings is 1. The molecule has 0 bridgehead atoms. The van der Waals surface area contributed by atoms with Gasteiger partial charge in [0.2, 0.25) is 0 Å². The lowest BCUT2D eigenvalue weighted by Gasteiger charge is -2.32. The number of guanidine groups is 1. The number of aliphatic hydroxyl groups is 1. The molecule has 0 atom stereocenters. The summed E-state index contributed by atoms with van der Waals surface area (Å²) in [5, 5.41) is 20.9. The Bertz CT molecular complexity index is 496. The maximum atomic E-state index is 9.62. The lowest BCUT2D eigenvalue weighted by molar-refractivity contribution is 0.108. The first-order valence-electron chi connectivity index (χ1n) is 7.93. The highest BCUT2D eigenvalue weighted by molar-refractivity contribution is 14.0. The van der Waals surface area contributed by atoms with Crippen molar-refractivity contribution in [1.82, 2.24) is 25.0 Å². The Balaban J connectivity index is 0.00000264. The van der Waals surface area contributed by atoms with Crippen molar-refractivity contribution in [2.75, 3.05) is 26.2 Å². The summed E-state index contributed by atoms with van der Waals surface area (Å²) in [5.41, 5.74) is 0. The number of aliphatic imine (C=N–C) groups is 1. The first-order valence-corrected chi connectivity index (χ1v) is 7.93. The third kappa shape index (κ3) is 6.09. The number of likely N-dealkylation sites (tertiary alicyclic amines) is 1. The van der Waals surface area contributed by atoms with E-state index in [1.165, 1.54) is 0 Å². The Hall–Kier alpha value is -1.16. The van der Waals surface area contributed by atoms with Gasteiger partial charge in [-0.15, -0.1) is 40.8 Å². The number of rotatable bonds is 6. The highest BCUT2D eigenvalue weighted by Crippen LogP contribution is 2.10. The normalized spacial score (nSPS) is 16.1. The number of nitrogens with one attached hydrogen (secondary N) is 1. The predicted molar refractivity (Wildman–Crippen MR) is 102 cm³/mol. The van der Waals surface area contributed by atoms with E-state index in [1.807, 2.05) is 10.6 Å². The molecule has 23 heavy (non-hydrogen) atoms. The van der Waals surface area contributed by atoms with E-state index in [-0.39, 0.29) is 30.1 Å². The minimum atomic E-state index is -0.180. The van der Waals surface area contributed by atoms with Crippen LogP contribution in [0.15, 0.2) is 24.0 Å². The lowest BCUT2D eigenvalue weighted by atomic mass is 10.1. The number of aromatic nitrogens is 3. The Morgan fingerprint density at radius 1 is 1.52 bits per heavy atom. The Labute approximate surface area is 154 Å². The van der Waals surface area contributed by atoms with E-state index < -0.39 is 0 Å². The second-order valence-corrected chi connectivity index (χ2v) is 5.39. The molecule has 0 radical (unpaired) electrons. The minimum Gasteiger partial charge on any atom is -0.393 e. The highest BCUT2D eigenvalue weighted by atomic mass is 127. The van der Waals surface area contributed by atoms with Gasteiger partial charge in [0, 0.05) is 32.6 Å². The summed E-state index contributed by atoms with van der Waals surface area (Å²) in [5.74, 6) is 1.87. The molecule has 0 saturated carbocycles. The fraction of sp³-hybridized carbons (Fsp3) is 0.667. The Kier molecular flexibility index (Phi) is 9.15. The summed E-state index contributed by atoms with van der Waals surface area (Å²) < 4.78 is 2.04. The molecule has 1 aromatic rings. The van der Waals surface area contributed by atoms with Crippen LogP contribution in [0.4, 0.5) is 0 Å². The molecular formula is C15H27IN6O. The number of hydrogen-bond donors (Lipinski definition) is 2. The summed E-state index contributed by atoms with van der Waals surface area (Å²) >= 11 is 0. The molecule has 1 aromatic heterocycles. The van der Waals surface area contributed by atoms with Crippen molar-refractivity contribution < 1.29 is 5.11 Å². The molecule has 1 aliphatic rings. The van der Waals surface area contributed by atoms with Crippen LogP contribution in [-0.2, 0) is 13.0 Å². The van der Waals surface area contributed by atoms with E-state index in [2.05, 4.69) is 38.9 Å². The van der Waals surface area contributed by atoms with Crippen molar-refractivity contribution in [3.63, 3.8) is 0 Å². The fourth-order valence-corrected chi connectivity index (χ4v) is 2.51. The van der Waals surface area contributed by atoms with Gasteiger partial charge in [0.05, 0.1) is 12.6 Å². The Morgan fingerprint density at radius 2 is 2.26 bits per heavy atom. The van der Waals surface area contributed by atoms with Gasteiger partial charge in [-0.25, -0.2) is 0 Å². The van der Waals surface area contributed by atoms with Gasteiger partial charge in [-0.2, -0.15) is 0 Å². The van der Waals surface area contributed by atoms with Gasteiger partial charge in [0.1, 0.15) is 12.2 Å². The van der Waals surface area contributed by atoms with Crippen LogP contribution in [-0.4, -0.2) is 63.0 Å². The predicted octanol–water partition coefficient (Wildman–Crippen LogP) is 1.05. The summed E-state index contributed by atoms with van der Waals surface area (Å²) in [7, 11) is 0. The molecule has 1 aliphatic heterocycles. The van der Waals surface area contributed by atoms with Gasteiger partial charge in [-0.05, 0) is 12.8 Å². The maximum absolute atomic E-state index is 9.62. The molecule has 2 heterocycles. The second kappa shape index (κ2) is 10.6. The molecule has 0 aromatic carbocycles. The monoisotopic (exact) mass is 434 g/mol. The van der Waals surface area contributed by atoms with E-state index in [9.17, 15) is 5.11 Å². The number of hydrogen-bond acceptors (Lipinski definition) is 4.